The second-order valence-electron chi connectivity index (χ2n) is 7.69. The normalized spacial score (nSPS) is 11.4. The minimum absolute atomic E-state index is 0.00503. The molecule has 1 atom stereocenters. The van der Waals surface area contributed by atoms with Gasteiger partial charge in [-0.25, -0.2) is 0 Å². The van der Waals surface area contributed by atoms with Crippen molar-refractivity contribution in [3.05, 3.63) is 57.6 Å². The van der Waals surface area contributed by atoms with Gasteiger partial charge in [-0.3, -0.25) is 19.7 Å². The zero-order valence-electron chi connectivity index (χ0n) is 19.5. The van der Waals surface area contributed by atoms with Crippen molar-refractivity contribution in [1.29, 1.82) is 0 Å². The minimum Gasteiger partial charge on any atom is -0.490 e. The number of benzene rings is 2. The summed E-state index contributed by atoms with van der Waals surface area (Å²) in [5.74, 6) is -0.193. The molecule has 9 nitrogen and oxygen atoms in total. The van der Waals surface area contributed by atoms with Gasteiger partial charge in [-0.05, 0) is 25.3 Å². The maximum Gasteiger partial charge on any atom is 0.296 e. The van der Waals surface area contributed by atoms with E-state index in [4.69, 9.17) is 9.47 Å². The third kappa shape index (κ3) is 7.78. The van der Waals surface area contributed by atoms with Crippen LogP contribution in [0.4, 0.5) is 11.4 Å². The van der Waals surface area contributed by atoms with E-state index in [1.807, 2.05) is 45.0 Å². The third-order valence-electron chi connectivity index (χ3n) is 4.70. The summed E-state index contributed by atoms with van der Waals surface area (Å²) < 4.78 is 11.3. The van der Waals surface area contributed by atoms with Gasteiger partial charge in [-0.2, -0.15) is 0 Å². The lowest BCUT2D eigenvalue weighted by Crippen LogP contribution is -2.29. The fourth-order valence-corrected chi connectivity index (χ4v) is 3.13. The van der Waals surface area contributed by atoms with Gasteiger partial charge in [0.15, 0.2) is 11.5 Å². The number of nitrogens with one attached hydrogen (secondary N) is 2. The van der Waals surface area contributed by atoms with Crippen LogP contribution in [0.2, 0.25) is 0 Å². The quantitative estimate of drug-likeness (QED) is 0.352. The molecule has 9 heteroatoms. The van der Waals surface area contributed by atoms with Crippen LogP contribution in [0, 0.1) is 17.0 Å². The van der Waals surface area contributed by atoms with Crippen LogP contribution in [-0.4, -0.2) is 30.0 Å². The van der Waals surface area contributed by atoms with Crippen LogP contribution in [0.5, 0.6) is 11.5 Å². The SMILES string of the molecule is CCCOc1cc(NC(=O)CC(NC(C)=O)c2ccc(C)cc2)c([N+](=O)[O-])cc1OCCC. The average molecular weight is 458 g/mol. The molecule has 0 bridgehead atoms. The molecule has 2 amide bonds. The molecule has 0 aliphatic rings. The number of hydrogen-bond donors (Lipinski definition) is 2. The second kappa shape index (κ2) is 12.4. The number of nitrogens with zero attached hydrogens (tertiary/aromatic N) is 1. The molecule has 0 aliphatic heterocycles. The molecule has 33 heavy (non-hydrogen) atoms. The van der Waals surface area contributed by atoms with Crippen LogP contribution in [0.3, 0.4) is 0 Å². The number of ether oxygens (including phenoxy) is 2. The zero-order chi connectivity index (χ0) is 24.4. The average Bonchev–Trinajstić information content (AvgIpc) is 2.76. The van der Waals surface area contributed by atoms with Crippen molar-refractivity contribution in [2.24, 2.45) is 0 Å². The Morgan fingerprint density at radius 3 is 2.12 bits per heavy atom. The zero-order valence-corrected chi connectivity index (χ0v) is 19.5. The molecule has 2 aromatic carbocycles. The molecule has 0 saturated heterocycles. The van der Waals surface area contributed by atoms with E-state index >= 15 is 0 Å². The molecule has 178 valence electrons. The number of nitro groups is 1. The van der Waals surface area contributed by atoms with Gasteiger partial charge in [0.1, 0.15) is 5.69 Å². The van der Waals surface area contributed by atoms with Crippen molar-refractivity contribution in [2.45, 2.75) is 53.0 Å². The van der Waals surface area contributed by atoms with E-state index < -0.39 is 16.9 Å². The fourth-order valence-electron chi connectivity index (χ4n) is 3.13. The molecular formula is C24H31N3O6. The standard InChI is InChI=1S/C24H31N3O6/c1-5-11-32-22-13-20(21(27(30)31)15-23(22)33-12-6-2)26-24(29)14-19(25-17(4)28)18-9-7-16(3)8-10-18/h7-10,13,15,19H,5-6,11-12,14H2,1-4H3,(H,25,28)(H,26,29). The number of carbonyl (C=O) groups is 2. The lowest BCUT2D eigenvalue weighted by Gasteiger charge is -2.19. The van der Waals surface area contributed by atoms with Crippen molar-refractivity contribution in [3.8, 4) is 11.5 Å². The highest BCUT2D eigenvalue weighted by Crippen LogP contribution is 2.38. The molecule has 2 rings (SSSR count). The van der Waals surface area contributed by atoms with Crippen LogP contribution < -0.4 is 20.1 Å². The van der Waals surface area contributed by atoms with Crippen LogP contribution in [0.15, 0.2) is 36.4 Å². The molecular weight excluding hydrogens is 426 g/mol. The Kier molecular flexibility index (Phi) is 9.65. The van der Waals surface area contributed by atoms with Gasteiger partial charge in [0, 0.05) is 13.0 Å². The summed E-state index contributed by atoms with van der Waals surface area (Å²) in [5, 5.41) is 17.0. The first-order valence-electron chi connectivity index (χ1n) is 11.0. The summed E-state index contributed by atoms with van der Waals surface area (Å²) in [6.45, 7) is 7.94. The van der Waals surface area contributed by atoms with Crippen molar-refractivity contribution >= 4 is 23.2 Å². The number of aryl methyl sites for hydroxylation is 1. The van der Waals surface area contributed by atoms with Crippen LogP contribution in [-0.2, 0) is 9.59 Å². The Bertz CT molecular complexity index is 975. The van der Waals surface area contributed by atoms with E-state index in [1.54, 1.807) is 0 Å². The van der Waals surface area contributed by atoms with E-state index in [0.717, 1.165) is 24.0 Å². The lowest BCUT2D eigenvalue weighted by molar-refractivity contribution is -0.384. The summed E-state index contributed by atoms with van der Waals surface area (Å²) >= 11 is 0. The number of nitro benzene ring substituents is 1. The van der Waals surface area contributed by atoms with Gasteiger partial charge >= 0.3 is 0 Å². The molecule has 0 aliphatic carbocycles. The van der Waals surface area contributed by atoms with Crippen molar-refractivity contribution in [3.63, 3.8) is 0 Å². The van der Waals surface area contributed by atoms with E-state index in [0.29, 0.717) is 19.0 Å². The van der Waals surface area contributed by atoms with E-state index in [2.05, 4.69) is 10.6 Å². The Hall–Kier alpha value is -3.62. The van der Waals surface area contributed by atoms with E-state index in [-0.39, 0.29) is 29.5 Å². The first-order chi connectivity index (χ1) is 15.7. The first-order valence-corrected chi connectivity index (χ1v) is 11.0. The highest BCUT2D eigenvalue weighted by molar-refractivity contribution is 5.94. The Balaban J connectivity index is 2.31. The van der Waals surface area contributed by atoms with Gasteiger partial charge in [0.25, 0.3) is 5.69 Å². The summed E-state index contributed by atoms with van der Waals surface area (Å²) in [5.41, 5.74) is 1.51. The largest absolute Gasteiger partial charge is 0.490 e. The number of rotatable bonds is 12. The smallest absolute Gasteiger partial charge is 0.296 e. The topological polar surface area (TPSA) is 120 Å². The Morgan fingerprint density at radius 1 is 1.03 bits per heavy atom. The van der Waals surface area contributed by atoms with Gasteiger partial charge in [0.05, 0.1) is 36.7 Å². The molecule has 2 N–H and O–H groups in total. The summed E-state index contributed by atoms with van der Waals surface area (Å²) in [6, 6.07) is 9.55. The summed E-state index contributed by atoms with van der Waals surface area (Å²) in [4.78, 5) is 35.6. The fraction of sp³-hybridized carbons (Fsp3) is 0.417. The predicted octanol–water partition coefficient (Wildman–Crippen LogP) is 4.69. The van der Waals surface area contributed by atoms with Gasteiger partial charge < -0.3 is 20.1 Å². The maximum absolute atomic E-state index is 12.8. The van der Waals surface area contributed by atoms with Crippen LogP contribution in [0.1, 0.15) is 57.2 Å². The van der Waals surface area contributed by atoms with Crippen molar-refractivity contribution < 1.29 is 24.0 Å². The molecule has 1 unspecified atom stereocenters. The van der Waals surface area contributed by atoms with E-state index in [1.165, 1.54) is 19.1 Å². The summed E-state index contributed by atoms with van der Waals surface area (Å²) in [6.07, 6.45) is 1.36. The van der Waals surface area contributed by atoms with Crippen LogP contribution in [0.25, 0.3) is 0 Å². The highest BCUT2D eigenvalue weighted by Gasteiger charge is 2.24. The first kappa shape index (κ1) is 25.6. The number of hydrogen-bond acceptors (Lipinski definition) is 6. The van der Waals surface area contributed by atoms with E-state index in [9.17, 15) is 19.7 Å². The Morgan fingerprint density at radius 2 is 1.61 bits per heavy atom. The van der Waals surface area contributed by atoms with Crippen molar-refractivity contribution in [1.82, 2.24) is 5.32 Å². The molecule has 0 radical (unpaired) electrons. The number of amides is 2. The Labute approximate surface area is 193 Å². The van der Waals surface area contributed by atoms with Gasteiger partial charge in [0.2, 0.25) is 11.8 Å². The van der Waals surface area contributed by atoms with Crippen LogP contribution >= 0.6 is 0 Å². The summed E-state index contributed by atoms with van der Waals surface area (Å²) in [7, 11) is 0. The van der Waals surface area contributed by atoms with Gasteiger partial charge in [-0.1, -0.05) is 43.7 Å². The van der Waals surface area contributed by atoms with Crippen molar-refractivity contribution in [2.75, 3.05) is 18.5 Å². The lowest BCUT2D eigenvalue weighted by atomic mass is 10.0. The monoisotopic (exact) mass is 457 g/mol. The molecule has 0 fully saturated rings. The predicted molar refractivity (Wildman–Crippen MR) is 126 cm³/mol. The minimum atomic E-state index is -0.580. The molecule has 2 aromatic rings. The maximum atomic E-state index is 12.8. The number of carbonyl (C=O) groups excluding carboxylic acids is 2. The second-order valence-corrected chi connectivity index (χ2v) is 7.69. The highest BCUT2D eigenvalue weighted by atomic mass is 16.6. The third-order valence-corrected chi connectivity index (χ3v) is 4.70. The molecule has 0 aromatic heterocycles. The molecule has 0 heterocycles. The number of anilines is 1. The van der Waals surface area contributed by atoms with Gasteiger partial charge in [-0.15, -0.1) is 0 Å². The molecule has 0 saturated carbocycles. The molecule has 0 spiro atoms.